The number of nitrogens with zero attached hydrogens (tertiary/aromatic N) is 1. The molecule has 0 heterocycles. The van der Waals surface area contributed by atoms with E-state index in [-0.39, 0.29) is 23.7 Å². The highest BCUT2D eigenvalue weighted by molar-refractivity contribution is 8.13. The average molecular weight is 306 g/mol. The SMILES string of the molecule is CC(C)(COc1cccc(F)c1C#N)CS(=O)(=O)Cl. The van der Waals surface area contributed by atoms with Crippen LogP contribution >= 0.6 is 10.7 Å². The van der Waals surface area contributed by atoms with Crippen molar-refractivity contribution in [3.63, 3.8) is 0 Å². The first-order chi connectivity index (χ1) is 8.64. The Morgan fingerprint density at radius 1 is 1.47 bits per heavy atom. The van der Waals surface area contributed by atoms with E-state index in [4.69, 9.17) is 20.7 Å². The summed E-state index contributed by atoms with van der Waals surface area (Å²) in [5, 5.41) is 8.83. The number of rotatable bonds is 5. The fraction of sp³-hybridized carbons (Fsp3) is 0.417. The van der Waals surface area contributed by atoms with Crippen molar-refractivity contribution in [1.82, 2.24) is 0 Å². The van der Waals surface area contributed by atoms with E-state index in [0.717, 1.165) is 6.07 Å². The van der Waals surface area contributed by atoms with Crippen LogP contribution in [-0.4, -0.2) is 20.8 Å². The zero-order valence-electron chi connectivity index (χ0n) is 10.5. The summed E-state index contributed by atoms with van der Waals surface area (Å²) in [5.74, 6) is -0.871. The second kappa shape index (κ2) is 5.76. The third-order valence-electron chi connectivity index (χ3n) is 2.27. The smallest absolute Gasteiger partial charge is 0.233 e. The second-order valence-corrected chi connectivity index (χ2v) is 7.64. The predicted molar refractivity (Wildman–Crippen MR) is 70.0 cm³/mol. The topological polar surface area (TPSA) is 67.2 Å². The van der Waals surface area contributed by atoms with Gasteiger partial charge in [0, 0.05) is 16.1 Å². The Balaban J connectivity index is 2.83. The highest BCUT2D eigenvalue weighted by Crippen LogP contribution is 2.25. The fourth-order valence-electron chi connectivity index (χ4n) is 1.51. The van der Waals surface area contributed by atoms with Crippen molar-refractivity contribution < 1.29 is 17.5 Å². The number of nitriles is 1. The summed E-state index contributed by atoms with van der Waals surface area (Å²) in [6.45, 7) is 3.30. The van der Waals surface area contributed by atoms with Crippen LogP contribution in [0.3, 0.4) is 0 Å². The van der Waals surface area contributed by atoms with Gasteiger partial charge in [0.2, 0.25) is 9.05 Å². The Kier molecular flexibility index (Phi) is 4.77. The summed E-state index contributed by atoms with van der Waals surface area (Å²) in [6, 6.07) is 5.72. The quantitative estimate of drug-likeness (QED) is 0.784. The first kappa shape index (κ1) is 15.7. The lowest BCUT2D eigenvalue weighted by atomic mass is 9.98. The Morgan fingerprint density at radius 2 is 2.11 bits per heavy atom. The van der Waals surface area contributed by atoms with Crippen LogP contribution in [0.1, 0.15) is 19.4 Å². The molecule has 19 heavy (non-hydrogen) atoms. The molecule has 1 rings (SSSR count). The Bertz CT molecular complexity index is 608. The molecule has 7 heteroatoms. The number of ether oxygens (including phenoxy) is 1. The minimum absolute atomic E-state index is 0.00289. The molecule has 4 nitrogen and oxygen atoms in total. The summed E-state index contributed by atoms with van der Waals surface area (Å²) in [4.78, 5) is 0. The van der Waals surface area contributed by atoms with E-state index >= 15 is 0 Å². The first-order valence-corrected chi connectivity index (χ1v) is 7.86. The molecule has 104 valence electrons. The van der Waals surface area contributed by atoms with Crippen molar-refractivity contribution in [2.75, 3.05) is 12.4 Å². The lowest BCUT2D eigenvalue weighted by molar-refractivity contribution is 0.199. The van der Waals surface area contributed by atoms with Gasteiger partial charge in [-0.25, -0.2) is 12.8 Å². The van der Waals surface area contributed by atoms with Crippen molar-refractivity contribution >= 4 is 19.7 Å². The standard InChI is InChI=1S/C12H13ClFNO3S/c1-12(2,8-19(13,16)17)7-18-11-5-3-4-10(14)9(11)6-15/h3-5H,7-8H2,1-2H3. The van der Waals surface area contributed by atoms with Crippen molar-refractivity contribution in [3.05, 3.63) is 29.6 Å². The van der Waals surface area contributed by atoms with Crippen LogP contribution in [0.15, 0.2) is 18.2 Å². The Morgan fingerprint density at radius 3 is 2.63 bits per heavy atom. The van der Waals surface area contributed by atoms with Crippen LogP contribution in [0, 0.1) is 22.6 Å². The van der Waals surface area contributed by atoms with Crippen molar-refractivity contribution in [2.45, 2.75) is 13.8 Å². The van der Waals surface area contributed by atoms with Gasteiger partial charge in [0.15, 0.2) is 0 Å². The lowest BCUT2D eigenvalue weighted by Gasteiger charge is -2.23. The monoisotopic (exact) mass is 305 g/mol. The molecule has 0 saturated carbocycles. The van der Waals surface area contributed by atoms with Gasteiger partial charge in [-0.15, -0.1) is 0 Å². The van der Waals surface area contributed by atoms with Crippen LogP contribution in [0.2, 0.25) is 0 Å². The van der Waals surface area contributed by atoms with Gasteiger partial charge in [0.1, 0.15) is 23.2 Å². The summed E-state index contributed by atoms with van der Waals surface area (Å²) < 4.78 is 40.7. The summed E-state index contributed by atoms with van der Waals surface area (Å²) in [6.07, 6.45) is 0. The molecule has 0 fully saturated rings. The van der Waals surface area contributed by atoms with Gasteiger partial charge >= 0.3 is 0 Å². The van der Waals surface area contributed by atoms with E-state index in [2.05, 4.69) is 0 Å². The highest BCUT2D eigenvalue weighted by Gasteiger charge is 2.26. The van der Waals surface area contributed by atoms with Crippen molar-refractivity contribution in [3.8, 4) is 11.8 Å². The molecule has 0 spiro atoms. The molecule has 0 aliphatic heterocycles. The zero-order valence-corrected chi connectivity index (χ0v) is 12.1. The van der Waals surface area contributed by atoms with Gasteiger partial charge in [0.25, 0.3) is 0 Å². The second-order valence-electron chi connectivity index (χ2n) is 4.86. The average Bonchev–Trinajstić information content (AvgIpc) is 2.23. The van der Waals surface area contributed by atoms with Gasteiger partial charge in [-0.2, -0.15) is 5.26 Å². The Labute approximate surface area is 116 Å². The summed E-state index contributed by atoms with van der Waals surface area (Å²) in [5.41, 5.74) is -0.952. The van der Waals surface area contributed by atoms with Crippen LogP contribution in [0.5, 0.6) is 5.75 Å². The fourth-order valence-corrected chi connectivity index (χ4v) is 3.42. The maximum atomic E-state index is 13.3. The van der Waals surface area contributed by atoms with Crippen LogP contribution in [-0.2, 0) is 9.05 Å². The third kappa shape index (κ3) is 5.05. The molecule has 1 aromatic rings. The van der Waals surface area contributed by atoms with Crippen molar-refractivity contribution in [1.29, 1.82) is 5.26 Å². The van der Waals surface area contributed by atoms with E-state index in [1.807, 2.05) is 0 Å². The molecule has 0 radical (unpaired) electrons. The zero-order chi connectivity index (χ0) is 14.7. The molecule has 0 aliphatic rings. The molecule has 0 saturated heterocycles. The molecule has 0 atom stereocenters. The number of hydrogen-bond donors (Lipinski definition) is 0. The minimum Gasteiger partial charge on any atom is -0.491 e. The van der Waals surface area contributed by atoms with E-state index in [1.165, 1.54) is 12.1 Å². The molecule has 0 amide bonds. The molecular weight excluding hydrogens is 293 g/mol. The lowest BCUT2D eigenvalue weighted by Crippen LogP contribution is -2.28. The molecule has 1 aromatic carbocycles. The van der Waals surface area contributed by atoms with Crippen LogP contribution in [0.25, 0.3) is 0 Å². The highest BCUT2D eigenvalue weighted by atomic mass is 35.7. The summed E-state index contributed by atoms with van der Waals surface area (Å²) >= 11 is 0. The number of benzene rings is 1. The molecular formula is C12H13ClFNO3S. The van der Waals surface area contributed by atoms with Gasteiger partial charge < -0.3 is 4.74 Å². The minimum atomic E-state index is -3.66. The molecule has 0 bridgehead atoms. The maximum Gasteiger partial charge on any atom is 0.233 e. The molecule has 0 N–H and O–H groups in total. The third-order valence-corrected chi connectivity index (χ3v) is 3.72. The van der Waals surface area contributed by atoms with E-state index < -0.39 is 20.3 Å². The molecule has 0 aromatic heterocycles. The largest absolute Gasteiger partial charge is 0.491 e. The first-order valence-electron chi connectivity index (χ1n) is 5.38. The normalized spacial score (nSPS) is 11.9. The maximum absolute atomic E-state index is 13.3. The number of hydrogen-bond acceptors (Lipinski definition) is 4. The Hall–Kier alpha value is -1.32. The van der Waals surface area contributed by atoms with Gasteiger partial charge in [-0.1, -0.05) is 19.9 Å². The van der Waals surface area contributed by atoms with Crippen LogP contribution < -0.4 is 4.74 Å². The van der Waals surface area contributed by atoms with E-state index in [0.29, 0.717) is 0 Å². The molecule has 0 aliphatic carbocycles. The van der Waals surface area contributed by atoms with Gasteiger partial charge in [0.05, 0.1) is 12.4 Å². The number of halogens is 2. The van der Waals surface area contributed by atoms with Gasteiger partial charge in [-0.05, 0) is 12.1 Å². The van der Waals surface area contributed by atoms with E-state index in [1.54, 1.807) is 19.9 Å². The molecule has 0 unspecified atom stereocenters. The predicted octanol–water partition coefficient (Wildman–Crippen LogP) is 2.67. The van der Waals surface area contributed by atoms with Crippen molar-refractivity contribution in [2.24, 2.45) is 5.41 Å². The summed E-state index contributed by atoms with van der Waals surface area (Å²) in [7, 11) is 1.53. The van der Waals surface area contributed by atoms with Gasteiger partial charge in [-0.3, -0.25) is 0 Å². The van der Waals surface area contributed by atoms with E-state index in [9.17, 15) is 12.8 Å². The van der Waals surface area contributed by atoms with Crippen LogP contribution in [0.4, 0.5) is 4.39 Å².